The van der Waals surface area contributed by atoms with Crippen LogP contribution in [0.3, 0.4) is 0 Å². The summed E-state index contributed by atoms with van der Waals surface area (Å²) in [7, 11) is 0. The number of alkyl halides is 3. The number of aliphatic carboxylic acids is 1. The fourth-order valence-electron chi connectivity index (χ4n) is 1.65. The minimum absolute atomic E-state index is 0.0922. The van der Waals surface area contributed by atoms with Crippen molar-refractivity contribution in [1.29, 1.82) is 0 Å². The summed E-state index contributed by atoms with van der Waals surface area (Å²) in [6, 6.07) is 0. The third-order valence-electron chi connectivity index (χ3n) is 3.14. The zero-order chi connectivity index (χ0) is 15.8. The second-order valence-electron chi connectivity index (χ2n) is 4.99. The first-order valence-electron chi connectivity index (χ1n) is 6.76. The van der Waals surface area contributed by atoms with Gasteiger partial charge in [-0.05, 0) is 13.3 Å². The topological polar surface area (TPSA) is 66.4 Å². The van der Waals surface area contributed by atoms with Crippen molar-refractivity contribution in [3.63, 3.8) is 0 Å². The summed E-state index contributed by atoms with van der Waals surface area (Å²) in [5.74, 6) is -3.00. The van der Waals surface area contributed by atoms with Crippen molar-refractivity contribution >= 4 is 11.9 Å². The average molecular weight is 297 g/mol. The lowest BCUT2D eigenvalue weighted by atomic mass is 10.0. The van der Waals surface area contributed by atoms with Gasteiger partial charge in [0.15, 0.2) is 0 Å². The van der Waals surface area contributed by atoms with E-state index in [1.807, 2.05) is 0 Å². The third kappa shape index (κ3) is 5.79. The lowest BCUT2D eigenvalue weighted by Crippen LogP contribution is -2.61. The SMILES string of the molecule is CCCCCCCCC(=O)NC(C)(C(=O)O)C(F)(F)F. The summed E-state index contributed by atoms with van der Waals surface area (Å²) < 4.78 is 37.9. The Kier molecular flexibility index (Phi) is 7.60. The zero-order valence-corrected chi connectivity index (χ0v) is 11.8. The molecule has 0 fully saturated rings. The molecule has 0 radical (unpaired) electrons. The molecule has 0 aliphatic rings. The Morgan fingerprint density at radius 2 is 1.55 bits per heavy atom. The van der Waals surface area contributed by atoms with Crippen LogP contribution in [0.4, 0.5) is 13.2 Å². The second kappa shape index (κ2) is 8.11. The van der Waals surface area contributed by atoms with Crippen LogP contribution >= 0.6 is 0 Å². The predicted octanol–water partition coefficient (Wildman–Crippen LogP) is 3.26. The molecule has 0 aliphatic heterocycles. The molecule has 4 nitrogen and oxygen atoms in total. The quantitative estimate of drug-likeness (QED) is 0.642. The molecule has 1 unspecified atom stereocenters. The van der Waals surface area contributed by atoms with E-state index in [1.165, 1.54) is 0 Å². The Labute approximate surface area is 116 Å². The van der Waals surface area contributed by atoms with Gasteiger partial charge in [0.2, 0.25) is 11.4 Å². The van der Waals surface area contributed by atoms with Gasteiger partial charge >= 0.3 is 12.1 Å². The van der Waals surface area contributed by atoms with Crippen LogP contribution in [0.2, 0.25) is 0 Å². The van der Waals surface area contributed by atoms with Crippen molar-refractivity contribution in [1.82, 2.24) is 5.32 Å². The molecule has 0 saturated carbocycles. The smallest absolute Gasteiger partial charge is 0.422 e. The molecule has 2 N–H and O–H groups in total. The summed E-state index contributed by atoms with van der Waals surface area (Å²) >= 11 is 0. The van der Waals surface area contributed by atoms with Crippen molar-refractivity contribution in [2.24, 2.45) is 0 Å². The molecule has 0 spiro atoms. The number of carbonyl (C=O) groups is 2. The van der Waals surface area contributed by atoms with Gasteiger partial charge in [0, 0.05) is 6.42 Å². The maximum Gasteiger partial charge on any atom is 0.422 e. The Balaban J connectivity index is 4.20. The molecule has 20 heavy (non-hydrogen) atoms. The normalized spacial score (nSPS) is 14.7. The van der Waals surface area contributed by atoms with Crippen molar-refractivity contribution in [2.75, 3.05) is 0 Å². The molecule has 7 heteroatoms. The number of rotatable bonds is 9. The van der Waals surface area contributed by atoms with Crippen LogP contribution in [0.1, 0.15) is 58.8 Å². The molecule has 118 valence electrons. The van der Waals surface area contributed by atoms with E-state index in [1.54, 1.807) is 5.32 Å². The van der Waals surface area contributed by atoms with Crippen LogP contribution in [0, 0.1) is 0 Å². The summed E-state index contributed by atoms with van der Waals surface area (Å²) in [5, 5.41) is 10.2. The van der Waals surface area contributed by atoms with Gasteiger partial charge in [-0.2, -0.15) is 13.2 Å². The van der Waals surface area contributed by atoms with E-state index in [9.17, 15) is 22.8 Å². The average Bonchev–Trinajstić information content (AvgIpc) is 2.31. The number of hydrogen-bond donors (Lipinski definition) is 2. The van der Waals surface area contributed by atoms with Gasteiger partial charge in [-0.1, -0.05) is 39.0 Å². The van der Waals surface area contributed by atoms with E-state index >= 15 is 0 Å². The van der Waals surface area contributed by atoms with Crippen molar-refractivity contribution < 1.29 is 27.9 Å². The number of hydrogen-bond acceptors (Lipinski definition) is 2. The number of carboxylic acid groups (broad SMARTS) is 1. The van der Waals surface area contributed by atoms with E-state index < -0.39 is 23.6 Å². The fraction of sp³-hybridized carbons (Fsp3) is 0.846. The molecular formula is C13H22F3NO3. The first-order valence-corrected chi connectivity index (χ1v) is 6.76. The lowest BCUT2D eigenvalue weighted by molar-refractivity contribution is -0.207. The molecule has 0 saturated heterocycles. The molecule has 0 rings (SSSR count). The highest BCUT2D eigenvalue weighted by Crippen LogP contribution is 2.30. The Hall–Kier alpha value is -1.27. The lowest BCUT2D eigenvalue weighted by Gasteiger charge is -2.28. The summed E-state index contributed by atoms with van der Waals surface area (Å²) in [6.07, 6.45) is 0.234. The van der Waals surface area contributed by atoms with E-state index in [-0.39, 0.29) is 6.42 Å². The number of amides is 1. The van der Waals surface area contributed by atoms with Gasteiger partial charge in [0.1, 0.15) is 0 Å². The summed E-state index contributed by atoms with van der Waals surface area (Å²) in [5.41, 5.74) is -3.23. The maximum absolute atomic E-state index is 12.6. The minimum atomic E-state index is -5.03. The molecule has 0 aliphatic carbocycles. The number of unbranched alkanes of at least 4 members (excludes halogenated alkanes) is 5. The molecular weight excluding hydrogens is 275 g/mol. The van der Waals surface area contributed by atoms with Crippen molar-refractivity contribution in [3.8, 4) is 0 Å². The summed E-state index contributed by atoms with van der Waals surface area (Å²) in [6.45, 7) is 2.52. The van der Waals surface area contributed by atoms with Crippen LogP contribution in [-0.2, 0) is 9.59 Å². The Bertz CT molecular complexity index is 331. The molecule has 1 atom stereocenters. The van der Waals surface area contributed by atoms with Crippen LogP contribution in [0.25, 0.3) is 0 Å². The first kappa shape index (κ1) is 18.7. The van der Waals surface area contributed by atoms with Crippen LogP contribution in [-0.4, -0.2) is 28.7 Å². The van der Waals surface area contributed by atoms with Gasteiger partial charge in [-0.3, -0.25) is 4.79 Å². The molecule has 0 aromatic carbocycles. The molecule has 0 aromatic rings. The molecule has 1 amide bonds. The molecule has 0 bridgehead atoms. The number of nitrogens with one attached hydrogen (secondary N) is 1. The van der Waals surface area contributed by atoms with E-state index in [0.29, 0.717) is 13.3 Å². The standard InChI is InChI=1S/C13H22F3NO3/c1-3-4-5-6-7-8-9-10(18)17-12(2,11(19)20)13(14,15)16/h3-9H2,1-2H3,(H,17,18)(H,19,20). The predicted molar refractivity (Wildman–Crippen MR) is 68.2 cm³/mol. The largest absolute Gasteiger partial charge is 0.479 e. The molecule has 0 heterocycles. The van der Waals surface area contributed by atoms with Gasteiger partial charge in [-0.15, -0.1) is 0 Å². The first-order chi connectivity index (χ1) is 9.15. The van der Waals surface area contributed by atoms with Gasteiger partial charge in [0.05, 0.1) is 0 Å². The Morgan fingerprint density at radius 3 is 2.00 bits per heavy atom. The second-order valence-corrected chi connectivity index (χ2v) is 4.99. The minimum Gasteiger partial charge on any atom is -0.479 e. The number of halogens is 3. The number of carboxylic acids is 1. The molecule has 0 aromatic heterocycles. The van der Waals surface area contributed by atoms with E-state index in [2.05, 4.69) is 6.92 Å². The van der Waals surface area contributed by atoms with Gasteiger partial charge in [-0.25, -0.2) is 4.79 Å². The van der Waals surface area contributed by atoms with Crippen molar-refractivity contribution in [3.05, 3.63) is 0 Å². The monoisotopic (exact) mass is 297 g/mol. The highest BCUT2D eigenvalue weighted by molar-refractivity contribution is 5.87. The third-order valence-corrected chi connectivity index (χ3v) is 3.14. The van der Waals surface area contributed by atoms with Crippen LogP contribution < -0.4 is 5.32 Å². The highest BCUT2D eigenvalue weighted by atomic mass is 19.4. The van der Waals surface area contributed by atoms with Gasteiger partial charge in [0.25, 0.3) is 0 Å². The number of carbonyl (C=O) groups excluding carboxylic acids is 1. The highest BCUT2D eigenvalue weighted by Gasteiger charge is 2.58. The Morgan fingerprint density at radius 1 is 1.05 bits per heavy atom. The van der Waals surface area contributed by atoms with Crippen molar-refractivity contribution in [2.45, 2.75) is 70.5 Å². The maximum atomic E-state index is 12.6. The van der Waals surface area contributed by atoms with Crippen LogP contribution in [0.5, 0.6) is 0 Å². The van der Waals surface area contributed by atoms with E-state index in [4.69, 9.17) is 5.11 Å². The van der Waals surface area contributed by atoms with Crippen LogP contribution in [0.15, 0.2) is 0 Å². The zero-order valence-electron chi connectivity index (χ0n) is 11.8. The summed E-state index contributed by atoms with van der Waals surface area (Å²) in [4.78, 5) is 22.1. The van der Waals surface area contributed by atoms with E-state index in [0.717, 1.165) is 32.1 Å². The van der Waals surface area contributed by atoms with Gasteiger partial charge < -0.3 is 10.4 Å². The fourth-order valence-corrected chi connectivity index (χ4v) is 1.65.